The molecule has 1 saturated heterocycles. The Morgan fingerprint density at radius 2 is 2.00 bits per heavy atom. The van der Waals surface area contributed by atoms with Crippen LogP contribution in [0.4, 0.5) is 0 Å². The number of rotatable bonds is 9. The van der Waals surface area contributed by atoms with Crippen LogP contribution in [0, 0.1) is 0 Å². The summed E-state index contributed by atoms with van der Waals surface area (Å²) in [6, 6.07) is 10.7. The van der Waals surface area contributed by atoms with E-state index < -0.39 is 0 Å². The van der Waals surface area contributed by atoms with Gasteiger partial charge in [-0.2, -0.15) is 5.10 Å². The van der Waals surface area contributed by atoms with Crippen LogP contribution in [0.2, 0.25) is 0 Å². The van der Waals surface area contributed by atoms with Crippen molar-refractivity contribution in [3.63, 3.8) is 0 Å². The molecule has 1 aromatic carbocycles. The summed E-state index contributed by atoms with van der Waals surface area (Å²) >= 11 is 0. The van der Waals surface area contributed by atoms with E-state index in [0.717, 1.165) is 54.8 Å². The second-order valence-corrected chi connectivity index (χ2v) is 9.78. The molecule has 2 aromatic heterocycles. The summed E-state index contributed by atoms with van der Waals surface area (Å²) in [5.74, 6) is 0.0109. The van der Waals surface area contributed by atoms with Crippen LogP contribution in [0.1, 0.15) is 48.7 Å². The van der Waals surface area contributed by atoms with E-state index in [2.05, 4.69) is 60.5 Å². The summed E-state index contributed by atoms with van der Waals surface area (Å²) < 4.78 is 7.41. The molecule has 3 heterocycles. The van der Waals surface area contributed by atoms with E-state index in [4.69, 9.17) is 9.72 Å². The number of hydrogen-bond donors (Lipinski definition) is 1. The van der Waals surface area contributed by atoms with E-state index in [1.54, 1.807) is 6.20 Å². The van der Waals surface area contributed by atoms with Crippen molar-refractivity contribution in [2.45, 2.75) is 45.3 Å². The molecule has 4 rings (SSSR count). The van der Waals surface area contributed by atoms with Crippen LogP contribution in [0.15, 0.2) is 36.5 Å². The highest BCUT2D eigenvalue weighted by molar-refractivity contribution is 6.06. The largest absolute Gasteiger partial charge is 0.381 e. The van der Waals surface area contributed by atoms with Gasteiger partial charge < -0.3 is 19.9 Å². The third-order valence-corrected chi connectivity index (χ3v) is 6.76. The molecular weight excluding hydrogens is 440 g/mol. The van der Waals surface area contributed by atoms with E-state index >= 15 is 0 Å². The summed E-state index contributed by atoms with van der Waals surface area (Å²) in [4.78, 5) is 22.9. The normalized spacial score (nSPS) is 14.8. The maximum absolute atomic E-state index is 13.7. The van der Waals surface area contributed by atoms with Crippen molar-refractivity contribution in [1.29, 1.82) is 0 Å². The number of fused-ring (bicyclic) bond motifs is 1. The van der Waals surface area contributed by atoms with Gasteiger partial charge in [-0.3, -0.25) is 4.79 Å². The van der Waals surface area contributed by atoms with Gasteiger partial charge in [0.1, 0.15) is 0 Å². The number of nitrogens with zero attached hydrogens (tertiary/aromatic N) is 5. The van der Waals surface area contributed by atoms with Crippen molar-refractivity contribution in [3.05, 3.63) is 47.7 Å². The molecule has 1 aliphatic rings. The Kier molecular flexibility index (Phi) is 8.15. The maximum atomic E-state index is 13.7. The lowest BCUT2D eigenvalue weighted by atomic mass is 10.0. The summed E-state index contributed by atoms with van der Waals surface area (Å²) in [6.07, 6.45) is 3.50. The van der Waals surface area contributed by atoms with Crippen LogP contribution in [0.25, 0.3) is 22.3 Å². The van der Waals surface area contributed by atoms with Gasteiger partial charge in [-0.25, -0.2) is 9.67 Å². The zero-order valence-electron chi connectivity index (χ0n) is 21.6. The standard InChI is InChI=1S/C27H38N6O2/c1-19(2)33-26-24(17-29-33)23(27(34)32(5)22-9-13-35-14-10-22)16-25(30-26)21-8-6-7-20(15-21)18-31(4)12-11-28-3/h6-8,15-17,19,22,28H,9-14,18H2,1-5H3. The number of likely N-dealkylation sites (N-methyl/N-ethyl adjacent to an activating group) is 2. The lowest BCUT2D eigenvalue weighted by molar-refractivity contribution is 0.0363. The number of nitrogens with one attached hydrogen (secondary N) is 1. The first kappa shape index (κ1) is 25.3. The quantitative estimate of drug-likeness (QED) is 0.507. The zero-order valence-corrected chi connectivity index (χ0v) is 21.6. The molecule has 188 valence electrons. The SMILES string of the molecule is CNCCN(C)Cc1cccc(-c2cc(C(=O)N(C)C3CCOCC3)c3cnn(C(C)C)c3n2)c1. The van der Waals surface area contributed by atoms with Crippen molar-refractivity contribution in [3.8, 4) is 11.3 Å². The molecule has 35 heavy (non-hydrogen) atoms. The number of carbonyl (C=O) groups excluding carboxylic acids is 1. The number of benzene rings is 1. The van der Waals surface area contributed by atoms with Crippen LogP contribution >= 0.6 is 0 Å². The Bertz CT molecular complexity index is 1150. The fourth-order valence-corrected chi connectivity index (χ4v) is 4.67. The van der Waals surface area contributed by atoms with Gasteiger partial charge in [0, 0.05) is 57.5 Å². The van der Waals surface area contributed by atoms with Crippen molar-refractivity contribution in [2.75, 3.05) is 47.4 Å². The molecule has 0 spiro atoms. The molecule has 0 atom stereocenters. The lowest BCUT2D eigenvalue weighted by Crippen LogP contribution is -2.40. The highest BCUT2D eigenvalue weighted by Gasteiger charge is 2.26. The molecular formula is C27H38N6O2. The van der Waals surface area contributed by atoms with Crippen LogP contribution < -0.4 is 5.32 Å². The summed E-state index contributed by atoms with van der Waals surface area (Å²) in [6.45, 7) is 8.31. The predicted molar refractivity (Wildman–Crippen MR) is 140 cm³/mol. The third kappa shape index (κ3) is 5.72. The highest BCUT2D eigenvalue weighted by Crippen LogP contribution is 2.29. The van der Waals surface area contributed by atoms with Crippen molar-refractivity contribution in [2.24, 2.45) is 0 Å². The average molecular weight is 479 g/mol. The van der Waals surface area contributed by atoms with Crippen molar-refractivity contribution < 1.29 is 9.53 Å². The first-order valence-electron chi connectivity index (χ1n) is 12.5. The van der Waals surface area contributed by atoms with E-state index in [9.17, 15) is 4.79 Å². The van der Waals surface area contributed by atoms with Crippen molar-refractivity contribution in [1.82, 2.24) is 29.9 Å². The smallest absolute Gasteiger partial charge is 0.254 e. The number of carbonyl (C=O) groups is 1. The van der Waals surface area contributed by atoms with Crippen molar-refractivity contribution >= 4 is 16.9 Å². The van der Waals surface area contributed by atoms with Gasteiger partial charge in [-0.15, -0.1) is 0 Å². The maximum Gasteiger partial charge on any atom is 0.254 e. The first-order chi connectivity index (χ1) is 16.9. The minimum Gasteiger partial charge on any atom is -0.381 e. The molecule has 0 bridgehead atoms. The van der Waals surface area contributed by atoms with Gasteiger partial charge in [0.05, 0.1) is 22.8 Å². The first-order valence-corrected chi connectivity index (χ1v) is 12.5. The Hall–Kier alpha value is -2.81. The molecule has 8 nitrogen and oxygen atoms in total. The van der Waals surface area contributed by atoms with Gasteiger partial charge in [0.25, 0.3) is 5.91 Å². The van der Waals surface area contributed by atoms with Gasteiger partial charge in [0.15, 0.2) is 5.65 Å². The Morgan fingerprint density at radius 1 is 1.23 bits per heavy atom. The summed E-state index contributed by atoms with van der Waals surface area (Å²) in [7, 11) is 5.99. The molecule has 1 N–H and O–H groups in total. The molecule has 1 fully saturated rings. The van der Waals surface area contributed by atoms with Gasteiger partial charge in [-0.1, -0.05) is 18.2 Å². The van der Waals surface area contributed by atoms with Crippen LogP contribution in [-0.2, 0) is 11.3 Å². The second kappa shape index (κ2) is 11.3. The fraction of sp³-hybridized carbons (Fsp3) is 0.519. The zero-order chi connectivity index (χ0) is 24.9. The van der Waals surface area contributed by atoms with Gasteiger partial charge in [-0.05, 0) is 58.5 Å². The number of ether oxygens (including phenoxy) is 1. The van der Waals surface area contributed by atoms with Crippen LogP contribution in [0.3, 0.4) is 0 Å². The summed E-state index contributed by atoms with van der Waals surface area (Å²) in [5, 5.41) is 8.58. The number of hydrogen-bond acceptors (Lipinski definition) is 6. The van der Waals surface area contributed by atoms with Crippen LogP contribution in [0.5, 0.6) is 0 Å². The molecule has 0 radical (unpaired) electrons. The Labute approximate surface area is 208 Å². The van der Waals surface area contributed by atoms with Crippen LogP contribution in [-0.4, -0.2) is 84.0 Å². The second-order valence-electron chi connectivity index (χ2n) is 9.78. The molecule has 0 saturated carbocycles. The molecule has 0 aliphatic carbocycles. The fourth-order valence-electron chi connectivity index (χ4n) is 4.67. The summed E-state index contributed by atoms with van der Waals surface area (Å²) in [5.41, 5.74) is 4.42. The number of pyridine rings is 1. The van der Waals surface area contributed by atoms with Gasteiger partial charge >= 0.3 is 0 Å². The number of amides is 1. The molecule has 3 aromatic rings. The minimum absolute atomic E-state index is 0.0109. The van der Waals surface area contributed by atoms with E-state index in [0.29, 0.717) is 18.8 Å². The Morgan fingerprint density at radius 3 is 2.71 bits per heavy atom. The monoisotopic (exact) mass is 478 g/mol. The minimum atomic E-state index is 0.0109. The van der Waals surface area contributed by atoms with E-state index in [1.165, 1.54) is 5.56 Å². The number of aromatic nitrogens is 3. The molecule has 1 aliphatic heterocycles. The molecule has 1 amide bonds. The third-order valence-electron chi connectivity index (χ3n) is 6.76. The lowest BCUT2D eigenvalue weighted by Gasteiger charge is -2.31. The van der Waals surface area contributed by atoms with E-state index in [-0.39, 0.29) is 18.0 Å². The molecule has 0 unspecified atom stereocenters. The molecule has 8 heteroatoms. The topological polar surface area (TPSA) is 75.5 Å². The highest BCUT2D eigenvalue weighted by atomic mass is 16.5. The predicted octanol–water partition coefficient (Wildman–Crippen LogP) is 3.58. The average Bonchev–Trinajstić information content (AvgIpc) is 3.31. The van der Waals surface area contributed by atoms with Gasteiger partial charge in [0.2, 0.25) is 0 Å². The Balaban J connectivity index is 1.73. The van der Waals surface area contributed by atoms with E-state index in [1.807, 2.05) is 29.7 Å².